The van der Waals surface area contributed by atoms with Gasteiger partial charge in [0.25, 0.3) is 10.0 Å². The molecule has 9 nitrogen and oxygen atoms in total. The second-order valence-corrected chi connectivity index (χ2v) is 7.59. The van der Waals surface area contributed by atoms with Crippen molar-refractivity contribution in [3.05, 3.63) is 30.3 Å². The minimum Gasteiger partial charge on any atom is -0.481 e. The molecule has 0 saturated carbocycles. The summed E-state index contributed by atoms with van der Waals surface area (Å²) in [6, 6.07) is 4.40. The van der Waals surface area contributed by atoms with E-state index in [2.05, 4.69) is 9.97 Å². The molecule has 0 unspecified atom stereocenters. The van der Waals surface area contributed by atoms with Gasteiger partial charge in [-0.15, -0.1) is 0 Å². The van der Waals surface area contributed by atoms with Gasteiger partial charge >= 0.3 is 11.5 Å². The maximum atomic E-state index is 12.6. The van der Waals surface area contributed by atoms with Crippen molar-refractivity contribution in [2.24, 2.45) is 0 Å². The van der Waals surface area contributed by atoms with Crippen LogP contribution in [0, 0.1) is 0 Å². The number of sulfonamides is 1. The summed E-state index contributed by atoms with van der Waals surface area (Å²) in [5.74, 6) is -0.296. The summed E-state index contributed by atoms with van der Waals surface area (Å²) in [5.41, 5.74) is -4.71. The molecule has 1 aromatic heterocycles. The molecule has 0 radical (unpaired) electrons. The Hall–Kier alpha value is -2.74. The third-order valence-corrected chi connectivity index (χ3v) is 5.24. The lowest BCUT2D eigenvalue weighted by molar-refractivity contribution is -0.0329. The number of alkyl halides is 3. The van der Waals surface area contributed by atoms with Crippen molar-refractivity contribution >= 4 is 33.8 Å². The van der Waals surface area contributed by atoms with E-state index < -0.39 is 43.1 Å². The van der Waals surface area contributed by atoms with Gasteiger partial charge in [0.1, 0.15) is 4.90 Å². The summed E-state index contributed by atoms with van der Waals surface area (Å²) in [5, 5.41) is 2.04. The lowest BCUT2D eigenvalue weighted by atomic mass is 10.4. The molecular formula is C14H13F3N4O5S2. The van der Waals surface area contributed by atoms with E-state index >= 15 is 0 Å². The Balaban J connectivity index is 2.22. The highest BCUT2D eigenvalue weighted by Gasteiger charge is 2.33. The van der Waals surface area contributed by atoms with E-state index in [9.17, 15) is 26.4 Å². The zero-order valence-corrected chi connectivity index (χ0v) is 15.9. The molecule has 1 aromatic carbocycles. The van der Waals surface area contributed by atoms with Crippen molar-refractivity contribution in [3.8, 4) is 11.8 Å². The number of anilines is 1. The second-order valence-electron chi connectivity index (χ2n) is 4.83. The fourth-order valence-corrected chi connectivity index (χ4v) is 3.87. The molecule has 0 atom stereocenters. The summed E-state index contributed by atoms with van der Waals surface area (Å²) in [6.07, 6.45) is 0. The molecule has 2 rings (SSSR count). The average molecular weight is 438 g/mol. The highest BCUT2D eigenvalue weighted by Crippen LogP contribution is 2.39. The Morgan fingerprint density at radius 1 is 1.11 bits per heavy atom. The molecule has 2 amide bonds. The van der Waals surface area contributed by atoms with Gasteiger partial charge in [-0.05, 0) is 23.9 Å². The third kappa shape index (κ3) is 5.88. The number of nitrogens with one attached hydrogen (secondary N) is 2. The number of benzene rings is 1. The van der Waals surface area contributed by atoms with Gasteiger partial charge in [-0.25, -0.2) is 17.9 Å². The first kappa shape index (κ1) is 21.6. The predicted molar refractivity (Wildman–Crippen MR) is 92.8 cm³/mol. The number of amides is 2. The number of nitrogens with zero attached hydrogens (tertiary/aromatic N) is 2. The van der Waals surface area contributed by atoms with E-state index in [4.69, 9.17) is 9.47 Å². The van der Waals surface area contributed by atoms with Gasteiger partial charge in [-0.2, -0.15) is 23.1 Å². The fraction of sp³-hybridized carbons (Fsp3) is 0.214. The number of halogens is 3. The quantitative estimate of drug-likeness (QED) is 0.661. The number of ether oxygens (including phenoxy) is 2. The molecule has 1 heterocycles. The van der Waals surface area contributed by atoms with E-state index in [0.29, 0.717) is 0 Å². The summed E-state index contributed by atoms with van der Waals surface area (Å²) in [4.78, 5) is 18.3. The highest BCUT2D eigenvalue weighted by molar-refractivity contribution is 8.01. The van der Waals surface area contributed by atoms with Gasteiger partial charge in [-0.3, -0.25) is 5.32 Å². The fourth-order valence-electron chi connectivity index (χ4n) is 1.85. The molecule has 14 heteroatoms. The van der Waals surface area contributed by atoms with Gasteiger partial charge in [0.15, 0.2) is 0 Å². The molecular weight excluding hydrogens is 425 g/mol. The molecule has 2 aromatic rings. The first-order chi connectivity index (χ1) is 13.0. The lowest BCUT2D eigenvalue weighted by Crippen LogP contribution is -2.35. The smallest absolute Gasteiger partial charge is 0.446 e. The second kappa shape index (κ2) is 8.52. The van der Waals surface area contributed by atoms with Gasteiger partial charge < -0.3 is 9.47 Å². The molecule has 152 valence electrons. The third-order valence-electron chi connectivity index (χ3n) is 2.91. The average Bonchev–Trinajstić information content (AvgIpc) is 2.59. The van der Waals surface area contributed by atoms with E-state index in [1.165, 1.54) is 32.4 Å². The molecule has 28 heavy (non-hydrogen) atoms. The van der Waals surface area contributed by atoms with Crippen LogP contribution in [0.25, 0.3) is 0 Å². The van der Waals surface area contributed by atoms with Crippen LogP contribution in [0.15, 0.2) is 40.1 Å². The van der Waals surface area contributed by atoms with Crippen LogP contribution >= 0.6 is 11.8 Å². The minimum atomic E-state index is -4.71. The van der Waals surface area contributed by atoms with Crippen LogP contribution < -0.4 is 19.5 Å². The summed E-state index contributed by atoms with van der Waals surface area (Å²) in [7, 11) is -2.02. The molecule has 0 spiro atoms. The zero-order chi connectivity index (χ0) is 20.9. The van der Waals surface area contributed by atoms with Gasteiger partial charge in [0.05, 0.1) is 20.3 Å². The van der Waals surface area contributed by atoms with Gasteiger partial charge in [0.2, 0.25) is 17.7 Å². The Bertz CT molecular complexity index is 947. The number of urea groups is 1. The highest BCUT2D eigenvalue weighted by atomic mass is 32.2. The van der Waals surface area contributed by atoms with E-state index in [1.54, 1.807) is 4.72 Å². The Morgan fingerprint density at radius 3 is 2.21 bits per heavy atom. The van der Waals surface area contributed by atoms with Crippen molar-refractivity contribution in [1.82, 2.24) is 14.7 Å². The maximum absolute atomic E-state index is 12.6. The van der Waals surface area contributed by atoms with Crippen molar-refractivity contribution in [1.29, 1.82) is 0 Å². The largest absolute Gasteiger partial charge is 0.481 e. The Morgan fingerprint density at radius 2 is 1.68 bits per heavy atom. The maximum Gasteiger partial charge on any atom is 0.446 e. The lowest BCUT2D eigenvalue weighted by Gasteiger charge is -2.13. The van der Waals surface area contributed by atoms with E-state index in [0.717, 1.165) is 12.1 Å². The van der Waals surface area contributed by atoms with Crippen LogP contribution in [0.2, 0.25) is 0 Å². The van der Waals surface area contributed by atoms with Crippen molar-refractivity contribution < 1.29 is 35.9 Å². The molecule has 0 aliphatic rings. The number of carbonyl (C=O) groups excluding carboxylic acids is 1. The topological polar surface area (TPSA) is 120 Å². The van der Waals surface area contributed by atoms with Crippen molar-refractivity contribution in [3.63, 3.8) is 0 Å². The summed E-state index contributed by atoms with van der Waals surface area (Å²) in [6.45, 7) is 0. The monoisotopic (exact) mass is 438 g/mol. The Labute approximate surface area is 161 Å². The van der Waals surface area contributed by atoms with E-state index in [1.807, 2.05) is 5.32 Å². The normalized spacial score (nSPS) is 11.6. The SMILES string of the molecule is COc1cc(OC)nc(NC(=O)NS(=O)(=O)c2ccccc2SC(F)(F)F)n1. The van der Waals surface area contributed by atoms with Crippen molar-refractivity contribution in [2.75, 3.05) is 19.5 Å². The van der Waals surface area contributed by atoms with Crippen LogP contribution in [0.4, 0.5) is 23.9 Å². The number of rotatable bonds is 6. The first-order valence-corrected chi connectivity index (χ1v) is 9.49. The van der Waals surface area contributed by atoms with Crippen LogP contribution in [-0.4, -0.2) is 44.1 Å². The number of aromatic nitrogens is 2. The van der Waals surface area contributed by atoms with Crippen LogP contribution in [0.3, 0.4) is 0 Å². The number of methoxy groups -OCH3 is 2. The van der Waals surface area contributed by atoms with Crippen molar-refractivity contribution in [2.45, 2.75) is 15.3 Å². The van der Waals surface area contributed by atoms with Gasteiger partial charge in [-0.1, -0.05) is 12.1 Å². The number of carbonyl (C=O) groups is 1. The summed E-state index contributed by atoms with van der Waals surface area (Å²) < 4.78 is 73.9. The van der Waals surface area contributed by atoms with E-state index in [-0.39, 0.29) is 17.7 Å². The summed E-state index contributed by atoms with van der Waals surface area (Å²) >= 11 is -0.613. The molecule has 0 aliphatic carbocycles. The number of thioether (sulfide) groups is 1. The van der Waals surface area contributed by atoms with Crippen LogP contribution in [0.5, 0.6) is 11.8 Å². The van der Waals surface area contributed by atoms with Gasteiger partial charge in [0, 0.05) is 4.90 Å². The molecule has 0 aliphatic heterocycles. The van der Waals surface area contributed by atoms with Crippen LogP contribution in [0.1, 0.15) is 0 Å². The van der Waals surface area contributed by atoms with Crippen LogP contribution in [-0.2, 0) is 10.0 Å². The standard InChI is InChI=1S/C14H13F3N4O5S2/c1-25-10-7-11(26-2)19-12(18-10)20-13(22)21-28(23,24)9-6-4-3-5-8(9)27-14(15,16)17/h3-7H,1-2H3,(H2,18,19,20,21,22). The zero-order valence-electron chi connectivity index (χ0n) is 14.3. The molecule has 0 saturated heterocycles. The predicted octanol–water partition coefficient (Wildman–Crippen LogP) is 2.62. The molecule has 0 bridgehead atoms. The molecule has 0 fully saturated rings. The minimum absolute atomic E-state index is 0.0249. The number of hydrogen-bond acceptors (Lipinski definition) is 8. The first-order valence-electron chi connectivity index (χ1n) is 7.19. The number of hydrogen-bond donors (Lipinski definition) is 2. The molecule has 2 N–H and O–H groups in total. The Kier molecular flexibility index (Phi) is 6.56.